The average Bonchev–Trinajstić information content (AvgIpc) is 3.05. The summed E-state index contributed by atoms with van der Waals surface area (Å²) >= 11 is 1.84. The maximum absolute atomic E-state index is 4.36. The largest absolute Gasteiger partial charge is 0.309 e. The van der Waals surface area contributed by atoms with Crippen molar-refractivity contribution in [1.29, 1.82) is 0 Å². The summed E-state index contributed by atoms with van der Waals surface area (Å²) in [5.74, 6) is 0. The molecule has 0 spiro atoms. The lowest BCUT2D eigenvalue weighted by atomic mass is 10.1. The van der Waals surface area contributed by atoms with Gasteiger partial charge in [-0.2, -0.15) is 5.10 Å². The van der Waals surface area contributed by atoms with Crippen molar-refractivity contribution in [2.75, 3.05) is 7.05 Å². The van der Waals surface area contributed by atoms with Crippen molar-refractivity contribution in [1.82, 2.24) is 15.1 Å². The minimum Gasteiger partial charge on any atom is -0.309 e. The lowest BCUT2D eigenvalue weighted by Gasteiger charge is -2.11. The van der Waals surface area contributed by atoms with E-state index >= 15 is 0 Å². The minimum absolute atomic E-state index is 0.220. The van der Waals surface area contributed by atoms with E-state index in [-0.39, 0.29) is 6.04 Å². The third kappa shape index (κ3) is 2.29. The highest BCUT2D eigenvalue weighted by atomic mass is 32.1. The zero-order chi connectivity index (χ0) is 13.2. The number of thiophene rings is 1. The number of hydrogen-bond acceptors (Lipinski definition) is 3. The zero-order valence-corrected chi connectivity index (χ0v) is 11.9. The summed E-state index contributed by atoms with van der Waals surface area (Å²) < 4.78 is 3.30. The number of benzene rings is 1. The van der Waals surface area contributed by atoms with Gasteiger partial charge in [0.1, 0.15) is 0 Å². The molecular formula is C15H17N3S. The molecule has 0 amide bonds. The molecular weight excluding hydrogens is 254 g/mol. The van der Waals surface area contributed by atoms with E-state index < -0.39 is 0 Å². The summed E-state index contributed by atoms with van der Waals surface area (Å²) in [7, 11) is 2.00. The first-order valence-corrected chi connectivity index (χ1v) is 7.31. The Bertz CT molecular complexity index is 650. The predicted molar refractivity (Wildman–Crippen MR) is 80.6 cm³/mol. The Balaban J connectivity index is 2.01. The van der Waals surface area contributed by atoms with Gasteiger partial charge in [0.2, 0.25) is 0 Å². The second-order valence-electron chi connectivity index (χ2n) is 4.54. The van der Waals surface area contributed by atoms with Gasteiger partial charge in [0.25, 0.3) is 0 Å². The molecule has 4 heteroatoms. The number of fused-ring (bicyclic) bond motifs is 1. The number of nitrogens with one attached hydrogen (secondary N) is 1. The summed E-state index contributed by atoms with van der Waals surface area (Å²) in [4.78, 5) is 1.33. The molecule has 1 atom stereocenters. The van der Waals surface area contributed by atoms with Crippen molar-refractivity contribution < 1.29 is 0 Å². The number of nitrogens with zero attached hydrogens (tertiary/aromatic N) is 2. The van der Waals surface area contributed by atoms with E-state index in [2.05, 4.69) is 53.9 Å². The molecule has 1 N–H and O–H groups in total. The predicted octanol–water partition coefficient (Wildman–Crippen LogP) is 3.43. The van der Waals surface area contributed by atoms with Crippen molar-refractivity contribution in [3.05, 3.63) is 53.2 Å². The normalized spacial score (nSPS) is 12.9. The fourth-order valence-corrected chi connectivity index (χ4v) is 3.52. The van der Waals surface area contributed by atoms with Crippen LogP contribution >= 0.6 is 11.3 Å². The molecule has 0 bridgehead atoms. The Morgan fingerprint density at radius 3 is 2.89 bits per heavy atom. The van der Waals surface area contributed by atoms with E-state index in [9.17, 15) is 0 Å². The van der Waals surface area contributed by atoms with Crippen LogP contribution in [0.4, 0.5) is 0 Å². The van der Waals surface area contributed by atoms with Crippen molar-refractivity contribution in [2.24, 2.45) is 0 Å². The lowest BCUT2D eigenvalue weighted by Crippen LogP contribution is -2.15. The maximum atomic E-state index is 4.36. The molecule has 1 aromatic carbocycles. The van der Waals surface area contributed by atoms with E-state index in [4.69, 9.17) is 0 Å². The highest BCUT2D eigenvalue weighted by molar-refractivity contribution is 7.19. The van der Waals surface area contributed by atoms with Gasteiger partial charge in [0.05, 0.1) is 12.2 Å². The van der Waals surface area contributed by atoms with Gasteiger partial charge in [-0.1, -0.05) is 18.2 Å². The van der Waals surface area contributed by atoms with E-state index in [0.717, 1.165) is 6.54 Å². The Labute approximate surface area is 116 Å². The van der Waals surface area contributed by atoms with Crippen LogP contribution < -0.4 is 5.32 Å². The molecule has 0 saturated carbocycles. The highest BCUT2D eigenvalue weighted by Crippen LogP contribution is 2.32. The van der Waals surface area contributed by atoms with Gasteiger partial charge in [-0.05, 0) is 31.5 Å². The molecule has 98 valence electrons. The smallest absolute Gasteiger partial charge is 0.0700 e. The number of rotatable bonds is 4. The van der Waals surface area contributed by atoms with Crippen LogP contribution in [0.25, 0.3) is 10.1 Å². The second kappa shape index (κ2) is 5.15. The molecule has 0 aliphatic heterocycles. The first-order chi connectivity index (χ1) is 9.31. The van der Waals surface area contributed by atoms with Crippen LogP contribution in [0.2, 0.25) is 0 Å². The van der Waals surface area contributed by atoms with Gasteiger partial charge in [0, 0.05) is 27.9 Å². The van der Waals surface area contributed by atoms with Gasteiger partial charge >= 0.3 is 0 Å². The average molecular weight is 271 g/mol. The van der Waals surface area contributed by atoms with Gasteiger partial charge in [-0.15, -0.1) is 11.3 Å². The molecule has 3 nitrogen and oxygen atoms in total. The molecule has 0 fully saturated rings. The van der Waals surface area contributed by atoms with E-state index in [0.29, 0.717) is 0 Å². The van der Waals surface area contributed by atoms with Gasteiger partial charge in [-0.3, -0.25) is 4.68 Å². The Morgan fingerprint density at radius 1 is 1.37 bits per heavy atom. The third-order valence-corrected chi connectivity index (χ3v) is 4.51. The molecule has 0 radical (unpaired) electrons. The summed E-state index contributed by atoms with van der Waals surface area (Å²) in [5.41, 5.74) is 1.22. The first kappa shape index (κ1) is 12.4. The second-order valence-corrected chi connectivity index (χ2v) is 5.65. The Hall–Kier alpha value is -1.65. The molecule has 3 aromatic rings. The molecule has 19 heavy (non-hydrogen) atoms. The van der Waals surface area contributed by atoms with Crippen LogP contribution in [0.3, 0.4) is 0 Å². The molecule has 2 aromatic heterocycles. The minimum atomic E-state index is 0.220. The Morgan fingerprint density at radius 2 is 2.21 bits per heavy atom. The van der Waals surface area contributed by atoms with Crippen LogP contribution in [-0.4, -0.2) is 16.8 Å². The molecule has 0 aliphatic carbocycles. The van der Waals surface area contributed by atoms with Crippen LogP contribution in [0.15, 0.2) is 42.7 Å². The SMILES string of the molecule is CCn1cc(C(NC)c2cc3ccccc3s2)cn1. The van der Waals surface area contributed by atoms with Crippen molar-refractivity contribution in [3.8, 4) is 0 Å². The van der Waals surface area contributed by atoms with Gasteiger partial charge in [-0.25, -0.2) is 0 Å². The monoisotopic (exact) mass is 271 g/mol. The van der Waals surface area contributed by atoms with Gasteiger partial charge in [0.15, 0.2) is 0 Å². The fraction of sp³-hybridized carbons (Fsp3) is 0.267. The van der Waals surface area contributed by atoms with E-state index in [1.807, 2.05) is 29.3 Å². The molecule has 0 saturated heterocycles. The molecule has 3 rings (SSSR count). The summed E-state index contributed by atoms with van der Waals surface area (Å²) in [5, 5.41) is 9.07. The van der Waals surface area contributed by atoms with Crippen LogP contribution in [0, 0.1) is 0 Å². The number of aromatic nitrogens is 2. The third-order valence-electron chi connectivity index (χ3n) is 3.33. The summed E-state index contributed by atoms with van der Waals surface area (Å²) in [6.07, 6.45) is 4.07. The first-order valence-electron chi connectivity index (χ1n) is 6.50. The van der Waals surface area contributed by atoms with Crippen LogP contribution in [-0.2, 0) is 6.54 Å². The van der Waals surface area contributed by atoms with E-state index in [1.54, 1.807) is 0 Å². The zero-order valence-electron chi connectivity index (χ0n) is 11.1. The number of hydrogen-bond donors (Lipinski definition) is 1. The highest BCUT2D eigenvalue weighted by Gasteiger charge is 2.16. The lowest BCUT2D eigenvalue weighted by molar-refractivity contribution is 0.655. The maximum Gasteiger partial charge on any atom is 0.0700 e. The topological polar surface area (TPSA) is 29.9 Å². The standard InChI is InChI=1S/C15H17N3S/c1-3-18-10-12(9-17-18)15(16-2)14-8-11-6-4-5-7-13(11)19-14/h4-10,15-16H,3H2,1-2H3. The van der Waals surface area contributed by atoms with E-state index in [1.165, 1.54) is 20.5 Å². The summed E-state index contributed by atoms with van der Waals surface area (Å²) in [6, 6.07) is 11.0. The summed E-state index contributed by atoms with van der Waals surface area (Å²) in [6.45, 7) is 3.01. The van der Waals surface area contributed by atoms with Crippen molar-refractivity contribution in [2.45, 2.75) is 19.5 Å². The fourth-order valence-electron chi connectivity index (χ4n) is 2.32. The molecule has 1 unspecified atom stereocenters. The number of aryl methyl sites for hydroxylation is 1. The van der Waals surface area contributed by atoms with Crippen LogP contribution in [0.1, 0.15) is 23.4 Å². The molecule has 0 aliphatic rings. The van der Waals surface area contributed by atoms with Crippen LogP contribution in [0.5, 0.6) is 0 Å². The molecule has 2 heterocycles. The quantitative estimate of drug-likeness (QED) is 0.788. The van der Waals surface area contributed by atoms with Gasteiger partial charge < -0.3 is 5.32 Å². The van der Waals surface area contributed by atoms with Crippen molar-refractivity contribution >= 4 is 21.4 Å². The van der Waals surface area contributed by atoms with Crippen molar-refractivity contribution in [3.63, 3.8) is 0 Å². The Kier molecular flexibility index (Phi) is 3.36.